The normalized spacial score (nSPS) is 13.0. The number of pyridine rings is 1. The molecule has 53 heavy (non-hydrogen) atoms. The van der Waals surface area contributed by atoms with Gasteiger partial charge in [0.2, 0.25) is 0 Å². The van der Waals surface area contributed by atoms with Crippen LogP contribution in [-0.4, -0.2) is 9.55 Å². The minimum absolute atomic E-state index is 0.889. The van der Waals surface area contributed by atoms with Crippen LogP contribution in [-0.2, 0) is 0 Å². The summed E-state index contributed by atoms with van der Waals surface area (Å²) >= 11 is 1.83. The molecule has 3 nitrogen and oxygen atoms in total. The Labute approximate surface area is 310 Å². The summed E-state index contributed by atoms with van der Waals surface area (Å²) in [6, 6.07) is 58.8. The van der Waals surface area contributed by atoms with Crippen LogP contribution in [0.15, 0.2) is 184 Å². The van der Waals surface area contributed by atoms with Crippen LogP contribution >= 0.6 is 11.8 Å². The first-order chi connectivity index (χ1) is 26.3. The molecule has 0 radical (unpaired) electrons. The van der Waals surface area contributed by atoms with Crippen LogP contribution in [0, 0.1) is 0 Å². The molecule has 0 saturated carbocycles. The van der Waals surface area contributed by atoms with Crippen molar-refractivity contribution in [3.63, 3.8) is 0 Å². The van der Waals surface area contributed by atoms with Crippen LogP contribution in [0.1, 0.15) is 11.1 Å². The third-order valence-corrected chi connectivity index (χ3v) is 11.6. The smallest absolute Gasteiger partial charge is 0.145 e. The molecule has 0 aliphatic carbocycles. The Morgan fingerprint density at radius 3 is 2.11 bits per heavy atom. The Kier molecular flexibility index (Phi) is 6.79. The monoisotopic (exact) mass is 694 g/mol. The van der Waals surface area contributed by atoms with Crippen LogP contribution in [0.4, 0.5) is 0 Å². The fourth-order valence-corrected chi connectivity index (χ4v) is 9.12. The number of nitrogens with zero attached hydrogens (tertiary/aromatic N) is 2. The van der Waals surface area contributed by atoms with E-state index in [4.69, 9.17) is 9.40 Å². The second kappa shape index (κ2) is 12.0. The van der Waals surface area contributed by atoms with Gasteiger partial charge in [0.25, 0.3) is 0 Å². The van der Waals surface area contributed by atoms with Gasteiger partial charge in [-0.25, -0.2) is 4.98 Å². The van der Waals surface area contributed by atoms with Crippen molar-refractivity contribution in [3.8, 4) is 39.1 Å². The SMILES string of the molecule is C1=C\c2ccc(-c3ccc4c(c3)c3cccnc3n4-c3ccccc3)cc2-c2cc3oc4ccccc4c3cc2Sc2ccccc2-c2ccccc2/1. The van der Waals surface area contributed by atoms with Crippen LogP contribution in [0.25, 0.3) is 95.1 Å². The van der Waals surface area contributed by atoms with Crippen molar-refractivity contribution in [2.45, 2.75) is 9.79 Å². The van der Waals surface area contributed by atoms with Crippen molar-refractivity contribution >= 4 is 67.8 Å². The molecule has 0 saturated heterocycles. The molecule has 0 fully saturated rings. The van der Waals surface area contributed by atoms with Crippen LogP contribution in [0.5, 0.6) is 0 Å². The third-order valence-electron chi connectivity index (χ3n) is 10.5. The van der Waals surface area contributed by atoms with Gasteiger partial charge in [0.15, 0.2) is 0 Å². The van der Waals surface area contributed by atoms with Crippen molar-refractivity contribution in [3.05, 3.63) is 181 Å². The lowest BCUT2D eigenvalue weighted by Crippen LogP contribution is -1.94. The number of furan rings is 1. The first-order valence-corrected chi connectivity index (χ1v) is 18.7. The summed E-state index contributed by atoms with van der Waals surface area (Å²) in [4.78, 5) is 7.25. The number of aromatic nitrogens is 2. The van der Waals surface area contributed by atoms with Crippen molar-refractivity contribution in [2.24, 2.45) is 0 Å². The molecule has 3 aromatic heterocycles. The molecule has 4 heterocycles. The highest BCUT2D eigenvalue weighted by Gasteiger charge is 2.20. The maximum Gasteiger partial charge on any atom is 0.145 e. The molecule has 0 bridgehead atoms. The minimum Gasteiger partial charge on any atom is -0.456 e. The van der Waals surface area contributed by atoms with Crippen molar-refractivity contribution in [1.82, 2.24) is 9.55 Å². The topological polar surface area (TPSA) is 31.0 Å². The van der Waals surface area contributed by atoms with E-state index in [1.807, 2.05) is 30.1 Å². The van der Waals surface area contributed by atoms with Gasteiger partial charge in [0.05, 0.1) is 5.52 Å². The molecule has 0 unspecified atom stereocenters. The van der Waals surface area contributed by atoms with Crippen LogP contribution in [0.3, 0.4) is 0 Å². The van der Waals surface area contributed by atoms with E-state index >= 15 is 0 Å². The van der Waals surface area contributed by atoms with Gasteiger partial charge in [0, 0.05) is 43.2 Å². The minimum atomic E-state index is 0.889. The summed E-state index contributed by atoms with van der Waals surface area (Å²) < 4.78 is 8.77. The zero-order valence-corrected chi connectivity index (χ0v) is 29.3. The molecule has 1 aliphatic heterocycles. The Morgan fingerprint density at radius 1 is 0.453 bits per heavy atom. The zero-order chi connectivity index (χ0) is 34.9. The van der Waals surface area contributed by atoms with Gasteiger partial charge in [-0.15, -0.1) is 0 Å². The lowest BCUT2D eigenvalue weighted by Gasteiger charge is -2.16. The van der Waals surface area contributed by atoms with E-state index in [1.165, 1.54) is 31.9 Å². The number of hydrogen-bond donors (Lipinski definition) is 0. The van der Waals surface area contributed by atoms with E-state index < -0.39 is 0 Å². The fourth-order valence-electron chi connectivity index (χ4n) is 7.99. The number of hydrogen-bond acceptors (Lipinski definition) is 3. The predicted octanol–water partition coefficient (Wildman–Crippen LogP) is 13.7. The lowest BCUT2D eigenvalue weighted by atomic mass is 9.92. The van der Waals surface area contributed by atoms with Crippen molar-refractivity contribution < 1.29 is 4.42 Å². The van der Waals surface area contributed by atoms with E-state index in [0.29, 0.717) is 0 Å². The highest BCUT2D eigenvalue weighted by molar-refractivity contribution is 7.99. The van der Waals surface area contributed by atoms with Crippen molar-refractivity contribution in [2.75, 3.05) is 0 Å². The Hall–Kier alpha value is -6.62. The number of benzene rings is 7. The second-order valence-electron chi connectivity index (χ2n) is 13.5. The maximum atomic E-state index is 6.51. The summed E-state index contributed by atoms with van der Waals surface area (Å²) in [7, 11) is 0. The number of para-hydroxylation sites is 2. The lowest BCUT2D eigenvalue weighted by molar-refractivity contribution is 0.669. The molecule has 0 atom stereocenters. The fraction of sp³-hybridized carbons (Fsp3) is 0. The summed E-state index contributed by atoms with van der Waals surface area (Å²) in [6.45, 7) is 0. The third kappa shape index (κ3) is 4.87. The molecular formula is C49H30N2OS. The first kappa shape index (κ1) is 30.0. The van der Waals surface area contributed by atoms with Gasteiger partial charge in [-0.05, 0) is 111 Å². The summed E-state index contributed by atoms with van der Waals surface area (Å²) in [5.74, 6) is 0. The first-order valence-electron chi connectivity index (χ1n) is 17.9. The quantitative estimate of drug-likeness (QED) is 0.180. The van der Waals surface area contributed by atoms with Gasteiger partial charge < -0.3 is 4.42 Å². The molecule has 0 N–H and O–H groups in total. The van der Waals surface area contributed by atoms with E-state index in [-0.39, 0.29) is 0 Å². The zero-order valence-electron chi connectivity index (χ0n) is 28.5. The molecular weight excluding hydrogens is 665 g/mol. The Bertz CT molecular complexity index is 3100. The summed E-state index contributed by atoms with van der Waals surface area (Å²) in [6.07, 6.45) is 6.41. The van der Waals surface area contributed by atoms with Crippen LogP contribution in [0.2, 0.25) is 0 Å². The van der Waals surface area contributed by atoms with Crippen LogP contribution < -0.4 is 0 Å². The Morgan fingerprint density at radius 2 is 1.19 bits per heavy atom. The second-order valence-corrected chi connectivity index (χ2v) is 14.6. The van der Waals surface area contributed by atoms with Gasteiger partial charge >= 0.3 is 0 Å². The van der Waals surface area contributed by atoms with Crippen molar-refractivity contribution in [1.29, 1.82) is 0 Å². The number of rotatable bonds is 2. The van der Waals surface area contributed by atoms with E-state index in [9.17, 15) is 0 Å². The van der Waals surface area contributed by atoms with Gasteiger partial charge in [0.1, 0.15) is 16.8 Å². The van der Waals surface area contributed by atoms with Gasteiger partial charge in [-0.3, -0.25) is 4.57 Å². The number of fused-ring (bicyclic) bond motifs is 12. The standard InChI is InChI=1S/C49H30N2OS/c1-2-12-35(13-3-1)51-44-25-24-34(28-41(44)39-17-10-26-50-49(39)51)33-23-22-32-21-20-31-11-4-5-14-36(31)38-16-7-9-19-47(38)53-48-30-42-37-15-6-8-18-45(37)52-46(42)29-43(48)40(32)27-33/h1-30H/b21-20-. The molecule has 0 amide bonds. The molecule has 0 spiro atoms. The molecule has 4 heteroatoms. The highest BCUT2D eigenvalue weighted by atomic mass is 32.2. The molecule has 7 aromatic carbocycles. The largest absolute Gasteiger partial charge is 0.456 e. The van der Waals surface area contributed by atoms with E-state index in [2.05, 4.69) is 168 Å². The average molecular weight is 695 g/mol. The van der Waals surface area contributed by atoms with E-state index in [1.54, 1.807) is 0 Å². The van der Waals surface area contributed by atoms with Gasteiger partial charge in [-0.2, -0.15) is 0 Å². The summed E-state index contributed by atoms with van der Waals surface area (Å²) in [5, 5.41) is 4.57. The molecule has 248 valence electrons. The Balaban J connectivity index is 1.16. The molecule has 1 aliphatic rings. The average Bonchev–Trinajstić information content (AvgIpc) is 3.74. The summed E-state index contributed by atoms with van der Waals surface area (Å²) in [5.41, 5.74) is 14.4. The van der Waals surface area contributed by atoms with E-state index in [0.717, 1.165) is 72.0 Å². The molecule has 10 aromatic rings. The molecule has 11 rings (SSSR count). The van der Waals surface area contributed by atoms with Gasteiger partial charge in [-0.1, -0.05) is 121 Å². The highest BCUT2D eigenvalue weighted by Crippen LogP contribution is 2.47. The predicted molar refractivity (Wildman–Crippen MR) is 222 cm³/mol. The maximum absolute atomic E-state index is 6.51.